The zero-order valence-corrected chi connectivity index (χ0v) is 19.9. The van der Waals surface area contributed by atoms with Gasteiger partial charge in [0.15, 0.2) is 0 Å². The molecule has 0 aliphatic carbocycles. The number of hydrogen-bond acceptors (Lipinski definition) is 4. The number of nitrogens with one attached hydrogen (secondary N) is 2. The van der Waals surface area contributed by atoms with Crippen molar-refractivity contribution in [1.29, 1.82) is 0 Å². The normalized spacial score (nSPS) is 28.7. The number of anilines is 2. The summed E-state index contributed by atoms with van der Waals surface area (Å²) in [5.74, 6) is -3.16. The van der Waals surface area contributed by atoms with Crippen LogP contribution in [0.5, 0.6) is 0 Å². The van der Waals surface area contributed by atoms with Crippen LogP contribution >= 0.6 is 46.4 Å². The van der Waals surface area contributed by atoms with E-state index in [9.17, 15) is 14.4 Å². The van der Waals surface area contributed by atoms with Gasteiger partial charge in [-0.15, -0.1) is 0 Å². The van der Waals surface area contributed by atoms with Crippen LogP contribution in [0.3, 0.4) is 0 Å². The fraction of sp³-hybridized carbons (Fsp3) is 0.318. The molecular formula is C22H17Cl4N3O3. The average Bonchev–Trinajstić information content (AvgIpc) is 3.27. The van der Waals surface area contributed by atoms with Gasteiger partial charge in [0.25, 0.3) is 0 Å². The molecule has 166 valence electrons. The maximum absolute atomic E-state index is 13.8. The molecule has 0 bridgehead atoms. The summed E-state index contributed by atoms with van der Waals surface area (Å²) < 4.78 is 0. The third kappa shape index (κ3) is 2.87. The Labute approximate surface area is 204 Å². The third-order valence-corrected chi connectivity index (χ3v) is 7.45. The number of imide groups is 1. The van der Waals surface area contributed by atoms with Crippen molar-refractivity contribution < 1.29 is 14.4 Å². The molecule has 2 N–H and O–H groups in total. The average molecular weight is 513 g/mol. The summed E-state index contributed by atoms with van der Waals surface area (Å²) in [4.78, 5) is 42.0. The highest BCUT2D eigenvalue weighted by Gasteiger charge is 2.71. The van der Waals surface area contributed by atoms with Crippen molar-refractivity contribution in [3.8, 4) is 0 Å². The monoisotopic (exact) mass is 511 g/mol. The summed E-state index contributed by atoms with van der Waals surface area (Å²) in [7, 11) is 0. The zero-order chi connectivity index (χ0) is 23.1. The van der Waals surface area contributed by atoms with E-state index in [-0.39, 0.29) is 16.6 Å². The van der Waals surface area contributed by atoms with E-state index in [2.05, 4.69) is 10.6 Å². The smallest absolute Gasteiger partial charge is 0.250 e. The van der Waals surface area contributed by atoms with Crippen molar-refractivity contribution in [2.24, 2.45) is 17.8 Å². The van der Waals surface area contributed by atoms with Crippen LogP contribution in [0.2, 0.25) is 20.1 Å². The molecule has 2 aromatic rings. The Balaban J connectivity index is 1.72. The molecule has 2 saturated heterocycles. The van der Waals surface area contributed by atoms with Gasteiger partial charge in [0.2, 0.25) is 17.7 Å². The van der Waals surface area contributed by atoms with E-state index in [1.54, 1.807) is 6.07 Å². The molecule has 3 aliphatic rings. The fourth-order valence-corrected chi connectivity index (χ4v) is 6.31. The Morgan fingerprint density at radius 2 is 1.53 bits per heavy atom. The molecule has 0 saturated carbocycles. The number of nitrogens with zero attached hydrogens (tertiary/aromatic N) is 1. The number of carbonyl (C=O) groups is 3. The molecule has 32 heavy (non-hydrogen) atoms. The molecule has 3 aliphatic heterocycles. The van der Waals surface area contributed by atoms with Gasteiger partial charge in [-0.25, -0.2) is 4.90 Å². The number of benzene rings is 2. The summed E-state index contributed by atoms with van der Waals surface area (Å²) in [6.45, 7) is 3.87. The lowest BCUT2D eigenvalue weighted by atomic mass is 9.76. The SMILES string of the molecule is CC(C)C1NC2(C(=O)Nc3c(Cl)cc(Cl)cc32)C2C(=O)N(c3cc(Cl)cc(Cl)c3)C(=O)C12. The molecule has 10 heteroatoms. The van der Waals surface area contributed by atoms with Crippen LogP contribution in [-0.2, 0) is 19.9 Å². The van der Waals surface area contributed by atoms with Crippen molar-refractivity contribution in [2.45, 2.75) is 25.4 Å². The first-order valence-electron chi connectivity index (χ1n) is 9.99. The van der Waals surface area contributed by atoms with Crippen molar-refractivity contribution in [2.75, 3.05) is 10.2 Å². The van der Waals surface area contributed by atoms with Gasteiger partial charge in [0.1, 0.15) is 5.54 Å². The first-order valence-corrected chi connectivity index (χ1v) is 11.5. The Hall–Kier alpha value is -1.83. The highest BCUT2D eigenvalue weighted by atomic mass is 35.5. The summed E-state index contributed by atoms with van der Waals surface area (Å²) >= 11 is 24.9. The molecular weight excluding hydrogens is 496 g/mol. The minimum Gasteiger partial charge on any atom is -0.323 e. The van der Waals surface area contributed by atoms with Crippen LogP contribution in [0.1, 0.15) is 19.4 Å². The van der Waals surface area contributed by atoms with Gasteiger partial charge in [-0.2, -0.15) is 0 Å². The van der Waals surface area contributed by atoms with Gasteiger partial charge >= 0.3 is 0 Å². The Bertz CT molecular complexity index is 1200. The van der Waals surface area contributed by atoms with Crippen LogP contribution in [0.4, 0.5) is 11.4 Å². The topological polar surface area (TPSA) is 78.5 Å². The standard InChI is InChI=1S/C22H17Cl4N3O3/c1-8(2)17-15-16(20(31)29(19(15)30)12-4-9(23)3-10(24)5-12)22(28-17)13-6-11(25)7-14(26)18(13)27-21(22)32/h3-8,15-17,28H,1-2H3,(H,27,32). The first kappa shape index (κ1) is 22.0. The highest BCUT2D eigenvalue weighted by Crippen LogP contribution is 2.56. The maximum atomic E-state index is 13.8. The molecule has 2 aromatic carbocycles. The van der Waals surface area contributed by atoms with E-state index in [1.165, 1.54) is 24.3 Å². The van der Waals surface area contributed by atoms with Crippen LogP contribution in [0, 0.1) is 17.8 Å². The minimum absolute atomic E-state index is 0.0481. The largest absolute Gasteiger partial charge is 0.323 e. The van der Waals surface area contributed by atoms with E-state index in [0.717, 1.165) is 4.90 Å². The van der Waals surface area contributed by atoms with Crippen molar-refractivity contribution >= 4 is 75.5 Å². The van der Waals surface area contributed by atoms with E-state index in [0.29, 0.717) is 26.3 Å². The minimum atomic E-state index is -1.48. The highest BCUT2D eigenvalue weighted by molar-refractivity contribution is 6.38. The summed E-state index contributed by atoms with van der Waals surface area (Å²) in [6, 6.07) is 7.23. The Kier molecular flexibility index (Phi) is 5.04. The zero-order valence-electron chi connectivity index (χ0n) is 16.9. The van der Waals surface area contributed by atoms with Crippen molar-refractivity contribution in [3.63, 3.8) is 0 Å². The molecule has 6 nitrogen and oxygen atoms in total. The van der Waals surface area contributed by atoms with Gasteiger partial charge in [-0.1, -0.05) is 60.3 Å². The summed E-state index contributed by atoms with van der Waals surface area (Å²) in [5, 5.41) is 7.30. The van der Waals surface area contributed by atoms with Gasteiger partial charge < -0.3 is 5.32 Å². The van der Waals surface area contributed by atoms with Gasteiger partial charge in [-0.3, -0.25) is 19.7 Å². The summed E-state index contributed by atoms with van der Waals surface area (Å²) in [5.41, 5.74) is -0.355. The molecule has 2 fully saturated rings. The Morgan fingerprint density at radius 3 is 2.16 bits per heavy atom. The lowest BCUT2D eigenvalue weighted by Crippen LogP contribution is -2.54. The second-order valence-electron chi connectivity index (χ2n) is 8.63. The number of fused-ring (bicyclic) bond motifs is 4. The van der Waals surface area contributed by atoms with Crippen molar-refractivity contribution in [1.82, 2.24) is 5.32 Å². The van der Waals surface area contributed by atoms with Crippen LogP contribution in [0.15, 0.2) is 30.3 Å². The van der Waals surface area contributed by atoms with E-state index >= 15 is 0 Å². The van der Waals surface area contributed by atoms with Gasteiger partial charge in [0, 0.05) is 26.7 Å². The van der Waals surface area contributed by atoms with E-state index < -0.39 is 41.1 Å². The molecule has 3 amide bonds. The molecule has 1 spiro atoms. The number of rotatable bonds is 2. The number of amides is 3. The van der Waals surface area contributed by atoms with Crippen LogP contribution in [-0.4, -0.2) is 23.8 Å². The molecule has 0 radical (unpaired) electrons. The quantitative estimate of drug-likeness (QED) is 0.562. The van der Waals surface area contributed by atoms with Gasteiger partial charge in [0.05, 0.1) is 28.2 Å². The predicted molar refractivity (Wildman–Crippen MR) is 124 cm³/mol. The molecule has 0 aromatic heterocycles. The number of halogens is 4. The third-order valence-electron chi connectivity index (χ3n) is 6.50. The molecule has 5 rings (SSSR count). The predicted octanol–water partition coefficient (Wildman–Crippen LogP) is 4.88. The fourth-order valence-electron chi connectivity index (χ4n) is 5.25. The molecule has 3 heterocycles. The molecule has 4 atom stereocenters. The number of hydrogen-bond donors (Lipinski definition) is 2. The second kappa shape index (κ2) is 7.34. The second-order valence-corrected chi connectivity index (χ2v) is 10.3. The van der Waals surface area contributed by atoms with E-state index in [4.69, 9.17) is 46.4 Å². The maximum Gasteiger partial charge on any atom is 0.250 e. The lowest BCUT2D eigenvalue weighted by molar-refractivity contribution is -0.130. The summed E-state index contributed by atoms with van der Waals surface area (Å²) in [6.07, 6.45) is 0. The molecule has 4 unspecified atom stereocenters. The van der Waals surface area contributed by atoms with Gasteiger partial charge in [-0.05, 0) is 36.2 Å². The first-order chi connectivity index (χ1) is 15.1. The van der Waals surface area contributed by atoms with E-state index in [1.807, 2.05) is 13.8 Å². The van der Waals surface area contributed by atoms with Crippen LogP contribution in [0.25, 0.3) is 0 Å². The lowest BCUT2D eigenvalue weighted by Gasteiger charge is -2.30. The Morgan fingerprint density at radius 1 is 0.906 bits per heavy atom. The van der Waals surface area contributed by atoms with Crippen molar-refractivity contribution in [3.05, 3.63) is 56.0 Å². The van der Waals surface area contributed by atoms with Crippen LogP contribution < -0.4 is 15.5 Å². The number of carbonyl (C=O) groups excluding carboxylic acids is 3.